The van der Waals surface area contributed by atoms with Crippen LogP contribution in [-0.4, -0.2) is 121 Å². The molecule has 0 saturated carbocycles. The van der Waals surface area contributed by atoms with Crippen LogP contribution in [0, 0.1) is 11.8 Å². The third-order valence-corrected chi connectivity index (χ3v) is 11.4. The number of methoxy groups -OCH3 is 2. The van der Waals surface area contributed by atoms with Gasteiger partial charge in [-0.25, -0.2) is 19.2 Å². The number of aryl methyl sites for hydroxylation is 1. The number of nitrogens with one attached hydrogen (secondary N) is 1. The molecule has 0 radical (unpaired) electrons. The summed E-state index contributed by atoms with van der Waals surface area (Å²) < 4.78 is 32.9. The van der Waals surface area contributed by atoms with E-state index >= 15 is 0 Å². The minimum Gasteiger partial charge on any atom is -0.488 e. The number of fused-ring (bicyclic) bond motifs is 4. The molecule has 0 bridgehead atoms. The Balaban J connectivity index is 1.10. The number of ether oxygens (including phenoxy) is 6. The van der Waals surface area contributed by atoms with Crippen molar-refractivity contribution in [2.75, 3.05) is 34.0 Å². The van der Waals surface area contributed by atoms with E-state index in [0.29, 0.717) is 49.2 Å². The van der Waals surface area contributed by atoms with E-state index in [2.05, 4.69) is 5.32 Å². The number of amides is 3. The summed E-state index contributed by atoms with van der Waals surface area (Å²) in [6.07, 6.45) is -0.538. The Morgan fingerprint density at radius 3 is 2.35 bits per heavy atom. The minimum absolute atomic E-state index is 0.0968. The largest absolute Gasteiger partial charge is 0.488 e. The predicted octanol–water partition coefficient (Wildman–Crippen LogP) is 5.04. The molecule has 2 unspecified atom stereocenters. The van der Waals surface area contributed by atoms with E-state index in [1.165, 1.54) is 16.9 Å². The SMILES string of the molecule is COC[C@H]1C[C@@H](C(=O)OCC(=O)c2ccc3c(c2)COc2cc4c(cc2-3)CCC(OC(=O)[C@@H]2CC[C@H](C)N2C(=O)C(NC(=O)OC)C(C)C)C4=O)N(C(=O)OC(C)(C)C)C1. The lowest BCUT2D eigenvalue weighted by molar-refractivity contribution is -0.158. The first-order valence-corrected chi connectivity index (χ1v) is 20.4. The van der Waals surface area contributed by atoms with E-state index in [-0.39, 0.29) is 43.2 Å². The Bertz CT molecular complexity index is 2040. The van der Waals surface area contributed by atoms with Gasteiger partial charge < -0.3 is 38.6 Å². The van der Waals surface area contributed by atoms with Crippen molar-refractivity contribution in [2.45, 2.75) is 116 Å². The lowest BCUT2D eigenvalue weighted by Crippen LogP contribution is -2.56. The van der Waals surface area contributed by atoms with Crippen molar-refractivity contribution < 1.29 is 62.0 Å². The van der Waals surface area contributed by atoms with Crippen LogP contribution >= 0.6 is 0 Å². The molecular weight excluding hydrogens is 778 g/mol. The summed E-state index contributed by atoms with van der Waals surface area (Å²) in [7, 11) is 2.76. The maximum absolute atomic E-state index is 13.8. The van der Waals surface area contributed by atoms with Gasteiger partial charge in [-0.05, 0) is 101 Å². The first-order valence-electron chi connectivity index (χ1n) is 20.4. The van der Waals surface area contributed by atoms with Crippen molar-refractivity contribution in [1.82, 2.24) is 15.1 Å². The van der Waals surface area contributed by atoms with Crippen molar-refractivity contribution in [3.05, 3.63) is 52.6 Å². The highest BCUT2D eigenvalue weighted by molar-refractivity contribution is 6.04. The molecule has 16 heteroatoms. The second-order valence-electron chi connectivity index (χ2n) is 17.3. The van der Waals surface area contributed by atoms with Crippen LogP contribution in [0.3, 0.4) is 0 Å². The normalized spacial score (nSPS) is 22.5. The highest BCUT2D eigenvalue weighted by atomic mass is 16.6. The van der Waals surface area contributed by atoms with Crippen LogP contribution in [0.1, 0.15) is 99.1 Å². The second kappa shape index (κ2) is 18.0. The first kappa shape index (κ1) is 44.1. The monoisotopic (exact) mass is 833 g/mol. The molecule has 3 heterocycles. The fraction of sp³-hybridized carbons (Fsp3) is 0.568. The van der Waals surface area contributed by atoms with Crippen LogP contribution < -0.4 is 10.1 Å². The van der Waals surface area contributed by atoms with E-state index in [0.717, 1.165) is 22.3 Å². The third kappa shape index (κ3) is 9.43. The van der Waals surface area contributed by atoms with Crippen molar-refractivity contribution >= 4 is 41.6 Å². The zero-order chi connectivity index (χ0) is 43.6. The van der Waals surface area contributed by atoms with Crippen LogP contribution in [0.5, 0.6) is 5.75 Å². The average Bonchev–Trinajstić information content (AvgIpc) is 3.82. The van der Waals surface area contributed by atoms with Crippen molar-refractivity contribution in [3.8, 4) is 16.9 Å². The standard InChI is InChI=1S/C44H55N3O13/c1-23(2)37(45-42(53)56-8)39(50)47-24(3)9-13-32(47)41(52)59-35-14-11-26-17-31-29-12-10-27(16-28(29)21-57-36(31)18-30(26)38(35)49)34(48)22-58-40(51)33-15-25(20-55-7)19-46(33)43(54)60-44(4,5)6/h10,12,16-18,23-25,32-33,35,37H,9,11,13-15,19-22H2,1-8H3,(H,45,53)/t24-,25-,32-,33-,35?,37?/m0/s1. The Kier molecular flexibility index (Phi) is 13.2. The third-order valence-electron chi connectivity index (χ3n) is 11.4. The summed E-state index contributed by atoms with van der Waals surface area (Å²) >= 11 is 0. The van der Waals surface area contributed by atoms with Gasteiger partial charge in [-0.3, -0.25) is 19.3 Å². The number of Topliss-reactive ketones (excluding diaryl/α,β-unsaturated/α-hetero) is 2. The van der Waals surface area contributed by atoms with E-state index in [4.69, 9.17) is 28.4 Å². The lowest BCUT2D eigenvalue weighted by Gasteiger charge is -2.33. The Morgan fingerprint density at radius 1 is 0.917 bits per heavy atom. The van der Waals surface area contributed by atoms with Crippen LogP contribution in [0.25, 0.3) is 11.1 Å². The molecule has 6 rings (SSSR count). The van der Waals surface area contributed by atoms with Gasteiger partial charge in [0.15, 0.2) is 18.5 Å². The number of ketones is 2. The minimum atomic E-state index is -1.05. The van der Waals surface area contributed by atoms with Gasteiger partial charge in [0.2, 0.25) is 11.7 Å². The molecular formula is C44H55N3O13. The van der Waals surface area contributed by atoms with Crippen LogP contribution in [0.15, 0.2) is 30.3 Å². The number of hydrogen-bond acceptors (Lipinski definition) is 13. The average molecular weight is 834 g/mol. The van der Waals surface area contributed by atoms with Gasteiger partial charge in [0.05, 0.1) is 13.7 Å². The summed E-state index contributed by atoms with van der Waals surface area (Å²) in [6.45, 7) is 10.8. The van der Waals surface area contributed by atoms with Crippen LogP contribution in [0.4, 0.5) is 9.59 Å². The molecule has 6 atom stereocenters. The maximum Gasteiger partial charge on any atom is 0.411 e. The fourth-order valence-electron chi connectivity index (χ4n) is 8.41. The summed E-state index contributed by atoms with van der Waals surface area (Å²) in [5.74, 6) is -2.50. The first-order chi connectivity index (χ1) is 28.4. The highest BCUT2D eigenvalue weighted by Gasteiger charge is 2.45. The van der Waals surface area contributed by atoms with Crippen molar-refractivity contribution in [3.63, 3.8) is 0 Å². The smallest absolute Gasteiger partial charge is 0.411 e. The van der Waals surface area contributed by atoms with Gasteiger partial charge in [0.1, 0.15) is 36.1 Å². The van der Waals surface area contributed by atoms with Gasteiger partial charge in [0.25, 0.3) is 0 Å². The lowest BCUT2D eigenvalue weighted by atomic mass is 9.84. The number of carbonyl (C=O) groups excluding carboxylic acids is 7. The predicted molar refractivity (Wildman–Crippen MR) is 214 cm³/mol. The number of nitrogens with zero attached hydrogens (tertiary/aromatic N) is 2. The Labute approximate surface area is 349 Å². The molecule has 0 aromatic heterocycles. The Hall–Kier alpha value is -5.51. The number of rotatable bonds is 11. The molecule has 0 spiro atoms. The zero-order valence-corrected chi connectivity index (χ0v) is 35.5. The summed E-state index contributed by atoms with van der Waals surface area (Å²) in [5, 5.41) is 2.57. The van der Waals surface area contributed by atoms with E-state index in [9.17, 15) is 33.6 Å². The maximum atomic E-state index is 13.8. The number of hydrogen-bond donors (Lipinski definition) is 1. The molecule has 60 heavy (non-hydrogen) atoms. The molecule has 324 valence electrons. The summed E-state index contributed by atoms with van der Waals surface area (Å²) in [4.78, 5) is 95.3. The molecule has 1 aliphatic carbocycles. The van der Waals surface area contributed by atoms with Crippen LogP contribution in [-0.2, 0) is 51.1 Å². The van der Waals surface area contributed by atoms with Crippen molar-refractivity contribution in [1.29, 1.82) is 0 Å². The molecule has 1 N–H and O–H groups in total. The number of likely N-dealkylation sites (tertiary alicyclic amines) is 2. The van der Waals surface area contributed by atoms with E-state index in [1.807, 2.05) is 13.0 Å². The fourth-order valence-corrected chi connectivity index (χ4v) is 8.41. The molecule has 4 aliphatic rings. The molecule has 3 amide bonds. The van der Waals surface area contributed by atoms with E-state index < -0.39 is 72.3 Å². The van der Waals surface area contributed by atoms with E-state index in [1.54, 1.807) is 66.0 Å². The number of alkyl carbamates (subject to hydrolysis) is 1. The number of benzene rings is 2. The molecule has 2 fully saturated rings. The highest BCUT2D eigenvalue weighted by Crippen LogP contribution is 2.42. The molecule has 2 aromatic carbocycles. The quantitative estimate of drug-likeness (QED) is 0.180. The van der Waals surface area contributed by atoms with Gasteiger partial charge >= 0.3 is 24.1 Å². The van der Waals surface area contributed by atoms with Gasteiger partial charge in [0, 0.05) is 42.3 Å². The molecule has 3 aliphatic heterocycles. The molecule has 16 nitrogen and oxygen atoms in total. The summed E-state index contributed by atoms with van der Waals surface area (Å²) in [6, 6.07) is 5.65. The van der Waals surface area contributed by atoms with Crippen LogP contribution in [0.2, 0.25) is 0 Å². The Morgan fingerprint density at radius 2 is 1.67 bits per heavy atom. The van der Waals surface area contributed by atoms with Gasteiger partial charge in [-0.2, -0.15) is 0 Å². The second-order valence-corrected chi connectivity index (χ2v) is 17.3. The molecule has 2 saturated heterocycles. The zero-order valence-electron chi connectivity index (χ0n) is 35.5. The molecule has 2 aromatic rings. The van der Waals surface area contributed by atoms with Gasteiger partial charge in [-0.1, -0.05) is 26.0 Å². The van der Waals surface area contributed by atoms with Crippen molar-refractivity contribution in [2.24, 2.45) is 11.8 Å². The summed E-state index contributed by atoms with van der Waals surface area (Å²) in [5.41, 5.74) is 2.98. The van der Waals surface area contributed by atoms with Gasteiger partial charge in [-0.15, -0.1) is 0 Å². The number of carbonyl (C=O) groups is 7. The number of esters is 2. The topological polar surface area (TPSA) is 193 Å².